The molecule has 0 spiro atoms. The van der Waals surface area contributed by atoms with Gasteiger partial charge in [0.15, 0.2) is 0 Å². The van der Waals surface area contributed by atoms with Gasteiger partial charge in [-0.1, -0.05) is 0 Å². The van der Waals surface area contributed by atoms with Gasteiger partial charge in [0, 0.05) is 11.6 Å². The molecule has 1 aromatic heterocycles. The lowest BCUT2D eigenvalue weighted by molar-refractivity contribution is 0.0900. The summed E-state index contributed by atoms with van der Waals surface area (Å²) in [5, 5.41) is 11.1. The van der Waals surface area contributed by atoms with E-state index in [1.165, 1.54) is 12.8 Å². The molecule has 114 valence electrons. The Balaban J connectivity index is 1.68. The predicted octanol–water partition coefficient (Wildman–Crippen LogP) is 1.55. The van der Waals surface area contributed by atoms with Crippen molar-refractivity contribution in [3.05, 3.63) is 36.0 Å². The first-order valence-corrected chi connectivity index (χ1v) is 7.53. The molecule has 1 aliphatic carbocycles. The van der Waals surface area contributed by atoms with Crippen molar-refractivity contribution >= 4 is 5.91 Å². The summed E-state index contributed by atoms with van der Waals surface area (Å²) in [4.78, 5) is 12.1. The molecular weight excluding hydrogens is 280 g/mol. The van der Waals surface area contributed by atoms with Gasteiger partial charge < -0.3 is 10.1 Å². The molecule has 1 saturated carbocycles. The SMILES string of the molecule is COc1ccc(-c2cc3n(n2)[C@@H](NC2CC2)CNC3=O)cc1. The van der Waals surface area contributed by atoms with Crippen LogP contribution in [-0.4, -0.2) is 35.4 Å². The normalized spacial score (nSPS) is 20.4. The summed E-state index contributed by atoms with van der Waals surface area (Å²) in [5.74, 6) is 0.736. The number of benzene rings is 1. The summed E-state index contributed by atoms with van der Waals surface area (Å²) in [6.07, 6.45) is 2.44. The molecule has 1 atom stereocenters. The van der Waals surface area contributed by atoms with Crippen molar-refractivity contribution in [3.63, 3.8) is 0 Å². The van der Waals surface area contributed by atoms with E-state index in [4.69, 9.17) is 4.74 Å². The monoisotopic (exact) mass is 298 g/mol. The fourth-order valence-electron chi connectivity index (χ4n) is 2.72. The molecule has 2 heterocycles. The number of hydrogen-bond acceptors (Lipinski definition) is 4. The molecule has 22 heavy (non-hydrogen) atoms. The minimum Gasteiger partial charge on any atom is -0.497 e. The van der Waals surface area contributed by atoms with Crippen molar-refractivity contribution in [2.24, 2.45) is 0 Å². The zero-order valence-electron chi connectivity index (χ0n) is 12.4. The molecule has 6 heteroatoms. The van der Waals surface area contributed by atoms with Crippen LogP contribution in [-0.2, 0) is 0 Å². The van der Waals surface area contributed by atoms with Gasteiger partial charge in [0.1, 0.15) is 17.6 Å². The summed E-state index contributed by atoms with van der Waals surface area (Å²) in [6.45, 7) is 0.575. The molecule has 0 radical (unpaired) electrons. The maximum absolute atomic E-state index is 12.1. The fraction of sp³-hybridized carbons (Fsp3) is 0.375. The van der Waals surface area contributed by atoms with Gasteiger partial charge in [-0.2, -0.15) is 5.10 Å². The van der Waals surface area contributed by atoms with Crippen LogP contribution in [0.3, 0.4) is 0 Å². The predicted molar refractivity (Wildman–Crippen MR) is 81.7 cm³/mol. The van der Waals surface area contributed by atoms with Gasteiger partial charge in [0.25, 0.3) is 5.91 Å². The van der Waals surface area contributed by atoms with Crippen LogP contribution >= 0.6 is 0 Å². The van der Waals surface area contributed by atoms with E-state index in [2.05, 4.69) is 15.7 Å². The van der Waals surface area contributed by atoms with Crippen LogP contribution in [0.4, 0.5) is 0 Å². The first-order valence-electron chi connectivity index (χ1n) is 7.53. The lowest BCUT2D eigenvalue weighted by atomic mass is 10.1. The molecular formula is C16H18N4O2. The highest BCUT2D eigenvalue weighted by molar-refractivity contribution is 5.94. The molecule has 1 amide bonds. The maximum Gasteiger partial charge on any atom is 0.269 e. The van der Waals surface area contributed by atoms with E-state index in [0.29, 0.717) is 18.3 Å². The first kappa shape index (κ1) is 13.3. The number of nitrogens with one attached hydrogen (secondary N) is 2. The number of fused-ring (bicyclic) bond motifs is 1. The molecule has 2 N–H and O–H groups in total. The van der Waals surface area contributed by atoms with E-state index >= 15 is 0 Å². The van der Waals surface area contributed by atoms with Crippen LogP contribution in [0.1, 0.15) is 29.5 Å². The number of aromatic nitrogens is 2. The largest absolute Gasteiger partial charge is 0.497 e. The van der Waals surface area contributed by atoms with Crippen molar-refractivity contribution in [1.29, 1.82) is 0 Å². The Morgan fingerprint density at radius 2 is 2.09 bits per heavy atom. The molecule has 0 saturated heterocycles. The lowest BCUT2D eigenvalue weighted by Gasteiger charge is -2.25. The van der Waals surface area contributed by atoms with Gasteiger partial charge in [-0.3, -0.25) is 10.1 Å². The molecule has 4 rings (SSSR count). The van der Waals surface area contributed by atoms with Crippen molar-refractivity contribution in [2.75, 3.05) is 13.7 Å². The van der Waals surface area contributed by atoms with Crippen LogP contribution in [0.15, 0.2) is 30.3 Å². The van der Waals surface area contributed by atoms with Crippen LogP contribution in [0.5, 0.6) is 5.75 Å². The molecule has 2 aliphatic rings. The lowest BCUT2D eigenvalue weighted by Crippen LogP contribution is -2.45. The summed E-state index contributed by atoms with van der Waals surface area (Å²) in [5.41, 5.74) is 2.38. The fourth-order valence-corrected chi connectivity index (χ4v) is 2.72. The molecule has 1 fully saturated rings. The minimum absolute atomic E-state index is 0.0344. The number of nitrogens with zero attached hydrogens (tertiary/aromatic N) is 2. The first-order chi connectivity index (χ1) is 10.7. The molecule has 6 nitrogen and oxygen atoms in total. The van der Waals surface area contributed by atoms with E-state index in [0.717, 1.165) is 17.0 Å². The average Bonchev–Trinajstić information content (AvgIpc) is 3.25. The number of amides is 1. The molecule has 0 bridgehead atoms. The van der Waals surface area contributed by atoms with Gasteiger partial charge in [0.2, 0.25) is 0 Å². The van der Waals surface area contributed by atoms with E-state index in [9.17, 15) is 4.79 Å². The summed E-state index contributed by atoms with van der Waals surface area (Å²) in [7, 11) is 1.64. The van der Waals surface area contributed by atoms with E-state index in [1.807, 2.05) is 35.0 Å². The second-order valence-electron chi connectivity index (χ2n) is 5.75. The van der Waals surface area contributed by atoms with Crippen molar-refractivity contribution in [1.82, 2.24) is 20.4 Å². The summed E-state index contributed by atoms with van der Waals surface area (Å²) < 4.78 is 6.99. The Morgan fingerprint density at radius 3 is 2.77 bits per heavy atom. The minimum atomic E-state index is -0.0684. The van der Waals surface area contributed by atoms with Gasteiger partial charge in [-0.25, -0.2) is 4.68 Å². The molecule has 1 aliphatic heterocycles. The highest BCUT2D eigenvalue weighted by atomic mass is 16.5. The van der Waals surface area contributed by atoms with Crippen molar-refractivity contribution in [3.8, 4) is 17.0 Å². The third-order valence-corrected chi connectivity index (χ3v) is 4.11. The van der Waals surface area contributed by atoms with Crippen LogP contribution in [0.25, 0.3) is 11.3 Å². The zero-order valence-corrected chi connectivity index (χ0v) is 12.4. The maximum atomic E-state index is 12.1. The quantitative estimate of drug-likeness (QED) is 0.898. The van der Waals surface area contributed by atoms with Crippen molar-refractivity contribution in [2.45, 2.75) is 25.0 Å². The van der Waals surface area contributed by atoms with E-state index in [-0.39, 0.29) is 12.1 Å². The van der Waals surface area contributed by atoms with Crippen LogP contribution in [0, 0.1) is 0 Å². The number of methoxy groups -OCH3 is 1. The Kier molecular flexibility index (Phi) is 3.11. The van der Waals surface area contributed by atoms with Gasteiger partial charge in [-0.15, -0.1) is 0 Å². The van der Waals surface area contributed by atoms with Crippen LogP contribution in [0.2, 0.25) is 0 Å². The van der Waals surface area contributed by atoms with E-state index in [1.54, 1.807) is 7.11 Å². The highest BCUT2D eigenvalue weighted by Gasteiger charge is 2.31. The number of rotatable bonds is 4. The average molecular weight is 298 g/mol. The Morgan fingerprint density at radius 1 is 1.32 bits per heavy atom. The van der Waals surface area contributed by atoms with Gasteiger partial charge in [0.05, 0.1) is 19.3 Å². The number of carbonyl (C=O) groups is 1. The standard InChI is InChI=1S/C16H18N4O2/c1-22-12-6-2-10(3-7-12)13-8-14-16(21)17-9-15(20(14)19-13)18-11-4-5-11/h2-3,6-8,11,15,18H,4-5,9H2,1H3,(H,17,21)/t15-/m1/s1. The molecule has 0 unspecified atom stereocenters. The van der Waals surface area contributed by atoms with Gasteiger partial charge >= 0.3 is 0 Å². The Hall–Kier alpha value is -2.34. The Bertz CT molecular complexity index is 703. The topological polar surface area (TPSA) is 68.2 Å². The molecule has 2 aromatic rings. The Labute approximate surface area is 128 Å². The number of ether oxygens (including phenoxy) is 1. The molecule has 1 aromatic carbocycles. The second-order valence-corrected chi connectivity index (χ2v) is 5.75. The smallest absolute Gasteiger partial charge is 0.269 e. The number of hydrogen-bond donors (Lipinski definition) is 2. The number of carbonyl (C=O) groups excluding carboxylic acids is 1. The summed E-state index contributed by atoms with van der Waals surface area (Å²) >= 11 is 0. The van der Waals surface area contributed by atoms with Crippen LogP contribution < -0.4 is 15.4 Å². The van der Waals surface area contributed by atoms with Gasteiger partial charge in [-0.05, 0) is 43.2 Å². The third kappa shape index (κ3) is 2.35. The highest BCUT2D eigenvalue weighted by Crippen LogP contribution is 2.27. The third-order valence-electron chi connectivity index (χ3n) is 4.11. The second kappa shape index (κ2) is 5.14. The van der Waals surface area contributed by atoms with E-state index < -0.39 is 0 Å². The van der Waals surface area contributed by atoms with Crippen molar-refractivity contribution < 1.29 is 9.53 Å². The zero-order chi connectivity index (χ0) is 15.1. The summed E-state index contributed by atoms with van der Waals surface area (Å²) in [6, 6.07) is 10.1.